The van der Waals surface area contributed by atoms with Crippen LogP contribution >= 0.6 is 0 Å². The summed E-state index contributed by atoms with van der Waals surface area (Å²) in [4.78, 5) is 25.7. The first-order valence-electron chi connectivity index (χ1n) is 6.66. The number of amides is 2. The summed E-state index contributed by atoms with van der Waals surface area (Å²) in [5.74, 6) is -1.52. The van der Waals surface area contributed by atoms with Crippen LogP contribution in [0.4, 0.5) is 4.79 Å². The third kappa shape index (κ3) is 4.38. The Balaban J connectivity index is 2.49. The summed E-state index contributed by atoms with van der Waals surface area (Å²) in [5, 5.41) is 19.1. The number of carbonyl (C=O) groups is 2. The Morgan fingerprint density at radius 3 is 2.21 bits per heavy atom. The SMILES string of the molecule is CC(CN(C)C(=O)N(C)CC1(O)CCCC1)C(=O)O. The Labute approximate surface area is 114 Å². The number of urea groups is 1. The van der Waals surface area contributed by atoms with E-state index in [4.69, 9.17) is 5.11 Å². The highest BCUT2D eigenvalue weighted by Gasteiger charge is 2.34. The van der Waals surface area contributed by atoms with Gasteiger partial charge in [-0.25, -0.2) is 4.79 Å². The third-order valence-corrected chi connectivity index (χ3v) is 3.69. The number of carbonyl (C=O) groups excluding carboxylic acids is 1. The maximum Gasteiger partial charge on any atom is 0.319 e. The summed E-state index contributed by atoms with van der Waals surface area (Å²) < 4.78 is 0. The van der Waals surface area contributed by atoms with Gasteiger partial charge in [0, 0.05) is 20.6 Å². The number of aliphatic hydroxyl groups is 1. The Hall–Kier alpha value is -1.30. The lowest BCUT2D eigenvalue weighted by molar-refractivity contribution is -0.141. The normalized spacial score (nSPS) is 18.9. The van der Waals surface area contributed by atoms with Crippen LogP contribution in [0, 0.1) is 5.92 Å². The largest absolute Gasteiger partial charge is 0.481 e. The van der Waals surface area contributed by atoms with Crippen molar-refractivity contribution in [1.29, 1.82) is 0 Å². The van der Waals surface area contributed by atoms with Crippen molar-refractivity contribution in [3.8, 4) is 0 Å². The molecule has 0 aromatic carbocycles. The van der Waals surface area contributed by atoms with E-state index >= 15 is 0 Å². The monoisotopic (exact) mass is 272 g/mol. The predicted octanol–water partition coefficient (Wildman–Crippen LogP) is 0.996. The minimum absolute atomic E-state index is 0.164. The second-order valence-electron chi connectivity index (χ2n) is 5.69. The molecule has 1 rings (SSSR count). The van der Waals surface area contributed by atoms with E-state index in [1.54, 1.807) is 21.0 Å². The summed E-state index contributed by atoms with van der Waals surface area (Å²) in [6.07, 6.45) is 3.43. The van der Waals surface area contributed by atoms with E-state index in [1.165, 1.54) is 9.80 Å². The minimum atomic E-state index is -0.920. The number of likely N-dealkylation sites (N-methyl/N-ethyl adjacent to an activating group) is 1. The zero-order chi connectivity index (χ0) is 14.6. The number of hydrogen-bond donors (Lipinski definition) is 2. The molecule has 2 N–H and O–H groups in total. The van der Waals surface area contributed by atoms with Crippen molar-refractivity contribution >= 4 is 12.0 Å². The number of carboxylic acid groups (broad SMARTS) is 1. The van der Waals surface area contributed by atoms with Crippen LogP contribution in [-0.4, -0.2) is 64.8 Å². The lowest BCUT2D eigenvalue weighted by Crippen LogP contribution is -2.47. The van der Waals surface area contributed by atoms with Crippen molar-refractivity contribution in [2.24, 2.45) is 5.92 Å². The molecule has 1 aliphatic carbocycles. The molecule has 0 aliphatic heterocycles. The Morgan fingerprint density at radius 2 is 1.74 bits per heavy atom. The summed E-state index contributed by atoms with van der Waals surface area (Å²) in [6.45, 7) is 2.03. The summed E-state index contributed by atoms with van der Waals surface area (Å²) in [6, 6.07) is -0.256. The fourth-order valence-corrected chi connectivity index (χ4v) is 2.56. The molecular formula is C13H24N2O4. The van der Waals surface area contributed by atoms with E-state index in [0.29, 0.717) is 6.54 Å². The van der Waals surface area contributed by atoms with Crippen LogP contribution in [-0.2, 0) is 4.79 Å². The first kappa shape index (κ1) is 15.8. The lowest BCUT2D eigenvalue weighted by atomic mass is 10.0. The van der Waals surface area contributed by atoms with Gasteiger partial charge in [-0.05, 0) is 12.8 Å². The first-order valence-corrected chi connectivity index (χ1v) is 6.66. The van der Waals surface area contributed by atoms with Gasteiger partial charge in [0.15, 0.2) is 0 Å². The molecule has 1 atom stereocenters. The predicted molar refractivity (Wildman–Crippen MR) is 70.9 cm³/mol. The van der Waals surface area contributed by atoms with Gasteiger partial charge in [-0.15, -0.1) is 0 Å². The second kappa shape index (κ2) is 6.23. The lowest BCUT2D eigenvalue weighted by Gasteiger charge is -2.32. The number of hydrogen-bond acceptors (Lipinski definition) is 3. The van der Waals surface area contributed by atoms with Crippen molar-refractivity contribution in [3.05, 3.63) is 0 Å². The van der Waals surface area contributed by atoms with Gasteiger partial charge >= 0.3 is 12.0 Å². The molecule has 0 bridgehead atoms. The molecule has 0 heterocycles. The number of nitrogens with zero attached hydrogens (tertiary/aromatic N) is 2. The molecule has 0 aromatic rings. The molecule has 6 nitrogen and oxygen atoms in total. The van der Waals surface area contributed by atoms with Crippen molar-refractivity contribution in [1.82, 2.24) is 9.80 Å². The quantitative estimate of drug-likeness (QED) is 0.782. The topological polar surface area (TPSA) is 81.1 Å². The van der Waals surface area contributed by atoms with E-state index in [0.717, 1.165) is 25.7 Å². The second-order valence-corrected chi connectivity index (χ2v) is 5.69. The van der Waals surface area contributed by atoms with Crippen LogP contribution in [0.2, 0.25) is 0 Å². The third-order valence-electron chi connectivity index (χ3n) is 3.69. The zero-order valence-electron chi connectivity index (χ0n) is 11.9. The molecule has 110 valence electrons. The van der Waals surface area contributed by atoms with Gasteiger partial charge < -0.3 is 20.0 Å². The Bertz CT molecular complexity index is 340. The van der Waals surface area contributed by atoms with Gasteiger partial charge in [0.1, 0.15) is 0 Å². The molecular weight excluding hydrogens is 248 g/mol. The fourth-order valence-electron chi connectivity index (χ4n) is 2.56. The van der Waals surface area contributed by atoms with E-state index in [-0.39, 0.29) is 12.6 Å². The smallest absolute Gasteiger partial charge is 0.319 e. The molecule has 1 fully saturated rings. The van der Waals surface area contributed by atoms with Crippen LogP contribution in [0.25, 0.3) is 0 Å². The van der Waals surface area contributed by atoms with Crippen LogP contribution in [0.5, 0.6) is 0 Å². The number of rotatable bonds is 5. The average molecular weight is 272 g/mol. The van der Waals surface area contributed by atoms with Crippen molar-refractivity contribution < 1.29 is 19.8 Å². The number of aliphatic carboxylic acids is 1. The van der Waals surface area contributed by atoms with Crippen molar-refractivity contribution in [2.45, 2.75) is 38.2 Å². The van der Waals surface area contributed by atoms with Crippen LogP contribution < -0.4 is 0 Å². The van der Waals surface area contributed by atoms with Gasteiger partial charge in [-0.1, -0.05) is 19.8 Å². The van der Waals surface area contributed by atoms with E-state index < -0.39 is 17.5 Å². The van der Waals surface area contributed by atoms with E-state index in [1.807, 2.05) is 0 Å². The average Bonchev–Trinajstić information content (AvgIpc) is 2.74. The summed E-state index contributed by atoms with van der Waals surface area (Å²) >= 11 is 0. The molecule has 0 spiro atoms. The number of carboxylic acids is 1. The molecule has 6 heteroatoms. The van der Waals surface area contributed by atoms with Crippen molar-refractivity contribution in [2.75, 3.05) is 27.2 Å². The van der Waals surface area contributed by atoms with Gasteiger partial charge in [-0.2, -0.15) is 0 Å². The molecule has 1 saturated carbocycles. The summed E-state index contributed by atoms with van der Waals surface area (Å²) in [5.41, 5.74) is -0.774. The van der Waals surface area contributed by atoms with Crippen LogP contribution in [0.3, 0.4) is 0 Å². The molecule has 0 radical (unpaired) electrons. The molecule has 0 saturated heterocycles. The van der Waals surface area contributed by atoms with Gasteiger partial charge in [0.25, 0.3) is 0 Å². The molecule has 0 aromatic heterocycles. The van der Waals surface area contributed by atoms with E-state index in [2.05, 4.69) is 0 Å². The highest BCUT2D eigenvalue weighted by atomic mass is 16.4. The van der Waals surface area contributed by atoms with Crippen LogP contribution in [0.15, 0.2) is 0 Å². The first-order chi connectivity index (χ1) is 8.75. The van der Waals surface area contributed by atoms with Crippen molar-refractivity contribution in [3.63, 3.8) is 0 Å². The molecule has 1 aliphatic rings. The standard InChI is InChI=1S/C13H24N2O4/c1-10(11(16)17)8-14(2)12(18)15(3)9-13(19)6-4-5-7-13/h10,19H,4-9H2,1-3H3,(H,16,17). The van der Waals surface area contributed by atoms with Gasteiger partial charge in [0.2, 0.25) is 0 Å². The van der Waals surface area contributed by atoms with Gasteiger partial charge in [0.05, 0.1) is 18.1 Å². The molecule has 1 unspecified atom stereocenters. The Morgan fingerprint density at radius 1 is 1.21 bits per heavy atom. The summed E-state index contributed by atoms with van der Waals surface area (Å²) in [7, 11) is 3.22. The van der Waals surface area contributed by atoms with Crippen LogP contribution in [0.1, 0.15) is 32.6 Å². The molecule has 2 amide bonds. The zero-order valence-corrected chi connectivity index (χ0v) is 11.9. The fraction of sp³-hybridized carbons (Fsp3) is 0.846. The highest BCUT2D eigenvalue weighted by Crippen LogP contribution is 2.30. The molecule has 19 heavy (non-hydrogen) atoms. The van der Waals surface area contributed by atoms with Gasteiger partial charge in [-0.3, -0.25) is 4.79 Å². The van der Waals surface area contributed by atoms with E-state index in [9.17, 15) is 14.7 Å². The highest BCUT2D eigenvalue weighted by molar-refractivity contribution is 5.75. The Kier molecular flexibility index (Phi) is 5.17. The maximum atomic E-state index is 12.1. The minimum Gasteiger partial charge on any atom is -0.481 e. The maximum absolute atomic E-state index is 12.1.